The normalized spacial score (nSPS) is 15.1. The van der Waals surface area contributed by atoms with E-state index in [1.165, 1.54) is 0 Å². The lowest BCUT2D eigenvalue weighted by Crippen LogP contribution is -2.41. The summed E-state index contributed by atoms with van der Waals surface area (Å²) in [4.78, 5) is 14.0. The molecule has 0 unspecified atom stereocenters. The predicted molar refractivity (Wildman–Crippen MR) is 119 cm³/mol. The summed E-state index contributed by atoms with van der Waals surface area (Å²) in [5.74, 6) is 0.803. The van der Waals surface area contributed by atoms with E-state index in [1.807, 2.05) is 12.3 Å². The Morgan fingerprint density at radius 2 is 1.93 bits per heavy atom. The maximum atomic E-state index is 5.66. The van der Waals surface area contributed by atoms with E-state index in [0.29, 0.717) is 6.04 Å². The van der Waals surface area contributed by atoms with Gasteiger partial charge in [0, 0.05) is 24.8 Å². The average molecular weight is 427 g/mol. The van der Waals surface area contributed by atoms with Gasteiger partial charge in [0.05, 0.1) is 18.9 Å². The molecule has 7 nitrogen and oxygen atoms in total. The van der Waals surface area contributed by atoms with Gasteiger partial charge in [-0.3, -0.25) is 5.10 Å². The quantitative estimate of drug-likeness (QED) is 0.502. The van der Waals surface area contributed by atoms with Crippen LogP contribution in [0, 0.1) is 0 Å². The van der Waals surface area contributed by atoms with Crippen LogP contribution < -0.4 is 15.0 Å². The van der Waals surface area contributed by atoms with Crippen molar-refractivity contribution in [3.8, 4) is 27.4 Å². The second kappa shape index (κ2) is 7.74. The molecule has 0 aliphatic carbocycles. The molecule has 9 heteroatoms. The third kappa shape index (κ3) is 3.50. The number of thiazole rings is 2. The first-order chi connectivity index (χ1) is 14.2. The highest BCUT2D eigenvalue weighted by Crippen LogP contribution is 2.40. The molecule has 3 aromatic heterocycles. The number of rotatable bonds is 5. The molecule has 0 radical (unpaired) electrons. The number of aromatic amines is 1. The number of anilines is 1. The van der Waals surface area contributed by atoms with Crippen LogP contribution in [0.3, 0.4) is 0 Å². The van der Waals surface area contributed by atoms with Gasteiger partial charge in [0.1, 0.15) is 10.8 Å². The summed E-state index contributed by atoms with van der Waals surface area (Å²) in [6, 6.07) is 6.71. The van der Waals surface area contributed by atoms with Crippen molar-refractivity contribution in [1.82, 2.24) is 25.5 Å². The number of aromatic nitrogens is 4. The van der Waals surface area contributed by atoms with Gasteiger partial charge in [-0.2, -0.15) is 5.10 Å². The Hall–Kier alpha value is -2.49. The van der Waals surface area contributed by atoms with Crippen LogP contribution in [0.25, 0.3) is 31.4 Å². The standard InChI is InChI=1S/C20H22N6OS2/c1-26(14-5-7-21-8-6-14)20-25-19-18(29-20)24-17(28-19)15-4-3-12(9-16(15)27-2)13-10-22-23-11-13/h3-4,9-11,14,21H,5-8H2,1-2H3,(H,22,23). The van der Waals surface area contributed by atoms with Crippen molar-refractivity contribution in [2.75, 3.05) is 32.1 Å². The fourth-order valence-corrected chi connectivity index (χ4v) is 5.81. The maximum Gasteiger partial charge on any atom is 0.188 e. The number of hydrogen-bond donors (Lipinski definition) is 2. The van der Waals surface area contributed by atoms with Gasteiger partial charge >= 0.3 is 0 Å². The summed E-state index contributed by atoms with van der Waals surface area (Å²) >= 11 is 3.29. The van der Waals surface area contributed by atoms with Crippen LogP contribution in [0.4, 0.5) is 5.13 Å². The molecular weight excluding hydrogens is 404 g/mol. The highest BCUT2D eigenvalue weighted by molar-refractivity contribution is 7.29. The minimum atomic E-state index is 0.548. The Labute approximate surface area is 176 Å². The molecule has 5 rings (SSSR count). The average Bonchev–Trinajstić information content (AvgIpc) is 3.50. The highest BCUT2D eigenvalue weighted by Gasteiger charge is 2.22. The molecule has 0 saturated carbocycles. The van der Waals surface area contributed by atoms with Gasteiger partial charge in [0.25, 0.3) is 0 Å². The van der Waals surface area contributed by atoms with Gasteiger partial charge < -0.3 is 15.0 Å². The van der Waals surface area contributed by atoms with Crippen molar-refractivity contribution in [2.45, 2.75) is 18.9 Å². The Balaban J connectivity index is 1.44. The molecule has 150 valence electrons. The van der Waals surface area contributed by atoms with Gasteiger partial charge in [-0.1, -0.05) is 28.7 Å². The Kier molecular flexibility index (Phi) is 4.94. The molecule has 1 aliphatic rings. The van der Waals surface area contributed by atoms with Crippen LogP contribution in [-0.4, -0.2) is 53.5 Å². The van der Waals surface area contributed by atoms with E-state index < -0.39 is 0 Å². The molecule has 0 atom stereocenters. The summed E-state index contributed by atoms with van der Waals surface area (Å²) in [5.41, 5.74) is 3.08. The van der Waals surface area contributed by atoms with Gasteiger partial charge in [0.15, 0.2) is 14.8 Å². The predicted octanol–water partition coefficient (Wildman–Crippen LogP) is 4.01. The Bertz CT molecular complexity index is 1080. The molecule has 0 spiro atoms. The molecule has 1 aromatic carbocycles. The third-order valence-corrected chi connectivity index (χ3v) is 7.54. The molecule has 4 heterocycles. The number of H-pyrrole nitrogens is 1. The van der Waals surface area contributed by atoms with Crippen molar-refractivity contribution in [3.63, 3.8) is 0 Å². The molecule has 1 saturated heterocycles. The van der Waals surface area contributed by atoms with Crippen molar-refractivity contribution in [3.05, 3.63) is 30.6 Å². The minimum Gasteiger partial charge on any atom is -0.496 e. The fourth-order valence-electron chi connectivity index (χ4n) is 3.70. The zero-order valence-corrected chi connectivity index (χ0v) is 17.9. The van der Waals surface area contributed by atoms with Gasteiger partial charge in [-0.25, -0.2) is 9.97 Å². The number of benzene rings is 1. The second-order valence-electron chi connectivity index (χ2n) is 7.12. The van der Waals surface area contributed by atoms with Gasteiger partial charge in [-0.15, -0.1) is 0 Å². The lowest BCUT2D eigenvalue weighted by molar-refractivity contribution is 0.416. The van der Waals surface area contributed by atoms with E-state index in [2.05, 4.69) is 39.6 Å². The molecule has 0 bridgehead atoms. The summed E-state index contributed by atoms with van der Waals surface area (Å²) in [6.07, 6.45) is 5.99. The van der Waals surface area contributed by atoms with Crippen LogP contribution in [0.15, 0.2) is 30.6 Å². The summed E-state index contributed by atoms with van der Waals surface area (Å²) in [6.45, 7) is 2.15. The zero-order valence-electron chi connectivity index (χ0n) is 16.3. The number of piperidine rings is 1. The number of fused-ring (bicyclic) bond motifs is 1. The van der Waals surface area contributed by atoms with Crippen LogP contribution in [0.5, 0.6) is 5.75 Å². The van der Waals surface area contributed by atoms with E-state index >= 15 is 0 Å². The maximum absolute atomic E-state index is 5.66. The van der Waals surface area contributed by atoms with E-state index in [9.17, 15) is 0 Å². The number of nitrogens with zero attached hydrogens (tertiary/aromatic N) is 4. The van der Waals surface area contributed by atoms with Crippen LogP contribution in [-0.2, 0) is 0 Å². The molecule has 1 fully saturated rings. The highest BCUT2D eigenvalue weighted by atomic mass is 32.1. The lowest BCUT2D eigenvalue weighted by atomic mass is 10.1. The SMILES string of the molecule is COc1cc(-c2cn[nH]c2)ccc1-c1nc2sc(N(C)C3CCNCC3)nc2s1. The second-order valence-corrected chi connectivity index (χ2v) is 9.05. The van der Waals surface area contributed by atoms with Gasteiger partial charge in [0.2, 0.25) is 0 Å². The first-order valence-electron chi connectivity index (χ1n) is 9.61. The Morgan fingerprint density at radius 1 is 1.10 bits per heavy atom. The van der Waals surface area contributed by atoms with E-state index in [0.717, 1.165) is 68.2 Å². The van der Waals surface area contributed by atoms with E-state index in [4.69, 9.17) is 14.7 Å². The van der Waals surface area contributed by atoms with Crippen molar-refractivity contribution >= 4 is 37.5 Å². The first kappa shape index (κ1) is 18.5. The number of methoxy groups -OCH3 is 1. The number of nitrogens with one attached hydrogen (secondary N) is 2. The van der Waals surface area contributed by atoms with Crippen molar-refractivity contribution in [2.24, 2.45) is 0 Å². The van der Waals surface area contributed by atoms with Crippen LogP contribution in [0.1, 0.15) is 12.8 Å². The molecule has 2 N–H and O–H groups in total. The number of ether oxygens (including phenoxy) is 1. The van der Waals surface area contributed by atoms with Crippen molar-refractivity contribution in [1.29, 1.82) is 0 Å². The Morgan fingerprint density at radius 3 is 2.66 bits per heavy atom. The van der Waals surface area contributed by atoms with E-state index in [1.54, 1.807) is 36.0 Å². The molecule has 4 aromatic rings. The fraction of sp³-hybridized carbons (Fsp3) is 0.350. The first-order valence-corrected chi connectivity index (χ1v) is 11.2. The van der Waals surface area contributed by atoms with E-state index in [-0.39, 0.29) is 0 Å². The molecule has 29 heavy (non-hydrogen) atoms. The zero-order chi connectivity index (χ0) is 19.8. The largest absolute Gasteiger partial charge is 0.496 e. The number of hydrogen-bond acceptors (Lipinski definition) is 8. The van der Waals surface area contributed by atoms with Crippen molar-refractivity contribution < 1.29 is 4.74 Å². The summed E-state index contributed by atoms with van der Waals surface area (Å²) in [7, 11) is 3.84. The minimum absolute atomic E-state index is 0.548. The topological polar surface area (TPSA) is 79.0 Å². The van der Waals surface area contributed by atoms with Gasteiger partial charge in [-0.05, 0) is 43.6 Å². The molecule has 1 aliphatic heterocycles. The monoisotopic (exact) mass is 426 g/mol. The third-order valence-electron chi connectivity index (χ3n) is 5.39. The summed E-state index contributed by atoms with van der Waals surface area (Å²) in [5, 5.41) is 12.3. The summed E-state index contributed by atoms with van der Waals surface area (Å²) < 4.78 is 5.66. The smallest absolute Gasteiger partial charge is 0.188 e. The lowest BCUT2D eigenvalue weighted by Gasteiger charge is -2.31. The molecular formula is C20H22N6OS2. The van der Waals surface area contributed by atoms with Crippen LogP contribution >= 0.6 is 22.7 Å². The molecule has 0 amide bonds. The van der Waals surface area contributed by atoms with Crippen LogP contribution in [0.2, 0.25) is 0 Å².